The van der Waals surface area contributed by atoms with Crippen LogP contribution in [0.1, 0.15) is 57.1 Å². The van der Waals surface area contributed by atoms with Crippen LogP contribution >= 0.6 is 11.6 Å². The maximum Gasteiger partial charge on any atom is 0.222 e. The molecular formula is C29H42ClN3O4. The topological polar surface area (TPSA) is 90.9 Å². The molecule has 0 fully saturated rings. The molecule has 0 saturated carbocycles. The standard InChI is InChI=1S/C29H42ClN3O4/c1-4-16-33(17-5-2)29(36)11-7-10-28(35)32-26(19-22-12-14-24(30)15-13-22)27(34)21-31-20-23-8-6-9-25(18-23)37-3/h6,8-9,12-15,18,26-27,31,34H,4-5,7,10-11,16-17,19-21H2,1-3H3,(H,32,35)/t26-,27+/m0/s1. The van der Waals surface area contributed by atoms with Crippen LogP contribution in [0, 0.1) is 0 Å². The van der Waals surface area contributed by atoms with E-state index in [1.807, 2.05) is 41.3 Å². The van der Waals surface area contributed by atoms with Crippen LogP contribution < -0.4 is 15.4 Å². The lowest BCUT2D eigenvalue weighted by molar-refractivity contribution is -0.131. The fourth-order valence-corrected chi connectivity index (χ4v) is 4.31. The Morgan fingerprint density at radius 1 is 1.03 bits per heavy atom. The second-order valence-electron chi connectivity index (χ2n) is 9.29. The van der Waals surface area contributed by atoms with Gasteiger partial charge in [-0.25, -0.2) is 0 Å². The molecule has 0 radical (unpaired) electrons. The number of amides is 2. The minimum Gasteiger partial charge on any atom is -0.497 e. The molecule has 0 unspecified atom stereocenters. The van der Waals surface area contributed by atoms with Gasteiger partial charge in [0.1, 0.15) is 5.75 Å². The van der Waals surface area contributed by atoms with Crippen molar-refractivity contribution < 1.29 is 19.4 Å². The number of hydrogen-bond acceptors (Lipinski definition) is 5. The van der Waals surface area contributed by atoms with Gasteiger partial charge >= 0.3 is 0 Å². The number of benzene rings is 2. The molecule has 0 aliphatic rings. The van der Waals surface area contributed by atoms with Crippen LogP contribution in [-0.4, -0.2) is 60.7 Å². The highest BCUT2D eigenvalue weighted by Gasteiger charge is 2.22. The van der Waals surface area contributed by atoms with Gasteiger partial charge in [0.05, 0.1) is 19.3 Å². The van der Waals surface area contributed by atoms with E-state index in [-0.39, 0.29) is 18.2 Å². The number of hydrogen-bond donors (Lipinski definition) is 3. The molecule has 2 aromatic carbocycles. The zero-order valence-corrected chi connectivity index (χ0v) is 23.1. The molecule has 2 rings (SSSR count). The lowest BCUT2D eigenvalue weighted by atomic mass is 10.0. The van der Waals surface area contributed by atoms with Crippen molar-refractivity contribution in [3.8, 4) is 5.75 Å². The van der Waals surface area contributed by atoms with Crippen molar-refractivity contribution in [1.82, 2.24) is 15.5 Å². The number of methoxy groups -OCH3 is 1. The third kappa shape index (κ3) is 11.5. The fraction of sp³-hybridized carbons (Fsp3) is 0.517. The molecule has 0 aliphatic carbocycles. The van der Waals surface area contributed by atoms with Crippen molar-refractivity contribution in [3.05, 3.63) is 64.7 Å². The number of aliphatic hydroxyl groups excluding tert-OH is 1. The zero-order chi connectivity index (χ0) is 27.0. The summed E-state index contributed by atoms with van der Waals surface area (Å²) in [7, 11) is 1.63. The molecule has 0 heterocycles. The summed E-state index contributed by atoms with van der Waals surface area (Å²) in [4.78, 5) is 27.1. The molecule has 0 aliphatic heterocycles. The molecule has 7 nitrogen and oxygen atoms in total. The molecule has 37 heavy (non-hydrogen) atoms. The van der Waals surface area contributed by atoms with Gasteiger partial charge in [-0.15, -0.1) is 0 Å². The van der Waals surface area contributed by atoms with E-state index in [4.69, 9.17) is 16.3 Å². The maximum absolute atomic E-state index is 12.8. The number of rotatable bonds is 17. The molecule has 0 spiro atoms. The highest BCUT2D eigenvalue weighted by molar-refractivity contribution is 6.30. The van der Waals surface area contributed by atoms with Crippen LogP contribution in [0.2, 0.25) is 5.02 Å². The normalized spacial score (nSPS) is 12.6. The second-order valence-corrected chi connectivity index (χ2v) is 9.73. The van der Waals surface area contributed by atoms with Crippen molar-refractivity contribution >= 4 is 23.4 Å². The van der Waals surface area contributed by atoms with Crippen LogP contribution in [-0.2, 0) is 22.6 Å². The summed E-state index contributed by atoms with van der Waals surface area (Å²) < 4.78 is 5.27. The molecule has 0 bridgehead atoms. The lowest BCUT2D eigenvalue weighted by Crippen LogP contribution is -2.48. The molecule has 2 aromatic rings. The Bertz CT molecular complexity index is 948. The Morgan fingerprint density at radius 3 is 2.38 bits per heavy atom. The summed E-state index contributed by atoms with van der Waals surface area (Å²) in [6, 6.07) is 14.6. The van der Waals surface area contributed by atoms with Gasteiger partial charge in [0, 0.05) is 44.0 Å². The first-order valence-electron chi connectivity index (χ1n) is 13.2. The van der Waals surface area contributed by atoms with Gasteiger partial charge in [-0.1, -0.05) is 49.7 Å². The first-order valence-corrected chi connectivity index (χ1v) is 13.6. The quantitative estimate of drug-likeness (QED) is 0.282. The number of carbonyl (C=O) groups is 2. The molecule has 8 heteroatoms. The number of nitrogens with zero attached hydrogens (tertiary/aromatic N) is 1. The lowest BCUT2D eigenvalue weighted by Gasteiger charge is -2.25. The summed E-state index contributed by atoms with van der Waals surface area (Å²) in [6.45, 7) is 6.47. The summed E-state index contributed by atoms with van der Waals surface area (Å²) in [5, 5.41) is 17.9. The van der Waals surface area contributed by atoms with Crippen LogP contribution in [0.15, 0.2) is 48.5 Å². The summed E-state index contributed by atoms with van der Waals surface area (Å²) >= 11 is 6.02. The third-order valence-corrected chi connectivity index (χ3v) is 6.38. The summed E-state index contributed by atoms with van der Waals surface area (Å²) in [5.41, 5.74) is 2.00. The summed E-state index contributed by atoms with van der Waals surface area (Å²) in [6.07, 6.45) is 2.55. The van der Waals surface area contributed by atoms with Gasteiger partial charge in [0.15, 0.2) is 0 Å². The third-order valence-electron chi connectivity index (χ3n) is 6.13. The Hall–Kier alpha value is -2.61. The van der Waals surface area contributed by atoms with E-state index < -0.39 is 12.1 Å². The minimum atomic E-state index is -0.809. The van der Waals surface area contributed by atoms with Crippen molar-refractivity contribution in [1.29, 1.82) is 0 Å². The maximum atomic E-state index is 12.8. The van der Waals surface area contributed by atoms with Crippen LogP contribution in [0.4, 0.5) is 0 Å². The Balaban J connectivity index is 1.92. The van der Waals surface area contributed by atoms with Gasteiger partial charge < -0.3 is 25.4 Å². The number of halogens is 1. The largest absolute Gasteiger partial charge is 0.497 e. The zero-order valence-electron chi connectivity index (χ0n) is 22.3. The van der Waals surface area contributed by atoms with Gasteiger partial charge in [-0.05, 0) is 61.1 Å². The molecule has 0 saturated heterocycles. The highest BCUT2D eigenvalue weighted by Crippen LogP contribution is 2.14. The Labute approximate surface area is 226 Å². The second kappa shape index (κ2) is 17.0. The summed E-state index contributed by atoms with van der Waals surface area (Å²) in [5.74, 6) is 0.700. The van der Waals surface area contributed by atoms with Crippen molar-refractivity contribution in [2.24, 2.45) is 0 Å². The van der Waals surface area contributed by atoms with Crippen molar-refractivity contribution in [2.45, 2.75) is 71.1 Å². The molecular weight excluding hydrogens is 490 g/mol. The van der Waals surface area contributed by atoms with E-state index >= 15 is 0 Å². The molecule has 2 amide bonds. The van der Waals surface area contributed by atoms with E-state index in [0.29, 0.717) is 37.4 Å². The van der Waals surface area contributed by atoms with E-state index in [1.165, 1.54) is 0 Å². The van der Waals surface area contributed by atoms with Gasteiger partial charge in [-0.2, -0.15) is 0 Å². The fourth-order valence-electron chi connectivity index (χ4n) is 4.19. The predicted octanol–water partition coefficient (Wildman–Crippen LogP) is 4.35. The van der Waals surface area contributed by atoms with E-state index in [1.54, 1.807) is 19.2 Å². The van der Waals surface area contributed by atoms with Crippen LogP contribution in [0.3, 0.4) is 0 Å². The van der Waals surface area contributed by atoms with Gasteiger partial charge in [-0.3, -0.25) is 9.59 Å². The smallest absolute Gasteiger partial charge is 0.222 e. The minimum absolute atomic E-state index is 0.0935. The van der Waals surface area contributed by atoms with Crippen LogP contribution in [0.25, 0.3) is 0 Å². The van der Waals surface area contributed by atoms with Gasteiger partial charge in [0.2, 0.25) is 11.8 Å². The molecule has 204 valence electrons. The molecule has 0 aromatic heterocycles. The average molecular weight is 532 g/mol. The first-order chi connectivity index (χ1) is 17.9. The number of aliphatic hydroxyl groups is 1. The first kappa shape index (κ1) is 30.6. The van der Waals surface area contributed by atoms with Crippen molar-refractivity contribution in [3.63, 3.8) is 0 Å². The number of carbonyl (C=O) groups excluding carboxylic acids is 2. The van der Waals surface area contributed by atoms with E-state index in [9.17, 15) is 14.7 Å². The predicted molar refractivity (Wildman–Crippen MR) is 149 cm³/mol. The van der Waals surface area contributed by atoms with Crippen molar-refractivity contribution in [2.75, 3.05) is 26.7 Å². The monoisotopic (exact) mass is 531 g/mol. The molecule has 3 N–H and O–H groups in total. The van der Waals surface area contributed by atoms with E-state index in [2.05, 4.69) is 24.5 Å². The Kier molecular flexibility index (Phi) is 14.1. The number of ether oxygens (including phenoxy) is 1. The van der Waals surface area contributed by atoms with E-state index in [0.717, 1.165) is 42.8 Å². The SMILES string of the molecule is CCCN(CCC)C(=O)CCCC(=O)N[C@@H](Cc1ccc(Cl)cc1)[C@H](O)CNCc1cccc(OC)c1. The molecule has 2 atom stereocenters. The van der Waals surface area contributed by atoms with Gasteiger partial charge in [0.25, 0.3) is 0 Å². The number of nitrogens with one attached hydrogen (secondary N) is 2. The highest BCUT2D eigenvalue weighted by atomic mass is 35.5. The average Bonchev–Trinajstić information content (AvgIpc) is 2.89. The Morgan fingerprint density at radius 2 is 1.73 bits per heavy atom. The van der Waals surface area contributed by atoms with Crippen LogP contribution in [0.5, 0.6) is 5.75 Å².